The molecule has 1 amide bonds. The second-order valence-electron chi connectivity index (χ2n) is 3.48. The molecule has 17 heavy (non-hydrogen) atoms. The molecule has 0 spiro atoms. The van der Waals surface area contributed by atoms with Crippen LogP contribution < -0.4 is 10.2 Å². The van der Waals surface area contributed by atoms with Crippen molar-refractivity contribution in [3.05, 3.63) is 29.8 Å². The zero-order valence-corrected chi connectivity index (χ0v) is 11.0. The Balaban J connectivity index is 2.33. The second kappa shape index (κ2) is 7.19. The van der Waals surface area contributed by atoms with Crippen molar-refractivity contribution in [2.75, 3.05) is 13.4 Å². The molecule has 5 heteroatoms. The standard InChI is InChI=1S/C12H17NO3S/c1-9(17-3)12(14)13-16-8-10-4-6-11(15-2)7-5-10/h4-7,9H,8H2,1-3H3,(H,13,14). The largest absolute Gasteiger partial charge is 0.497 e. The minimum Gasteiger partial charge on any atom is -0.497 e. The van der Waals surface area contributed by atoms with Crippen molar-refractivity contribution >= 4 is 17.7 Å². The highest BCUT2D eigenvalue weighted by atomic mass is 32.2. The molecule has 4 nitrogen and oxygen atoms in total. The molecule has 94 valence electrons. The first kappa shape index (κ1) is 13.9. The van der Waals surface area contributed by atoms with E-state index in [4.69, 9.17) is 9.57 Å². The molecular weight excluding hydrogens is 238 g/mol. The van der Waals surface area contributed by atoms with Gasteiger partial charge < -0.3 is 4.74 Å². The molecule has 1 rings (SSSR count). The van der Waals surface area contributed by atoms with Gasteiger partial charge >= 0.3 is 0 Å². The second-order valence-corrected chi connectivity index (χ2v) is 4.66. The van der Waals surface area contributed by atoms with Gasteiger partial charge in [0.25, 0.3) is 5.91 Å². The average molecular weight is 255 g/mol. The summed E-state index contributed by atoms with van der Waals surface area (Å²) in [6, 6.07) is 7.49. The predicted octanol–water partition coefficient (Wildman–Crippen LogP) is 1.99. The Labute approximate surface area is 106 Å². The molecule has 0 radical (unpaired) electrons. The van der Waals surface area contributed by atoms with Crippen molar-refractivity contribution in [3.63, 3.8) is 0 Å². The lowest BCUT2D eigenvalue weighted by molar-refractivity contribution is -0.133. The summed E-state index contributed by atoms with van der Waals surface area (Å²) in [5.41, 5.74) is 3.39. The summed E-state index contributed by atoms with van der Waals surface area (Å²) >= 11 is 1.48. The molecule has 1 atom stereocenters. The van der Waals surface area contributed by atoms with Crippen LogP contribution in [0.4, 0.5) is 0 Å². The minimum absolute atomic E-state index is 0.106. The smallest absolute Gasteiger partial charge is 0.256 e. The maximum absolute atomic E-state index is 11.4. The predicted molar refractivity (Wildman–Crippen MR) is 68.9 cm³/mol. The van der Waals surface area contributed by atoms with Crippen molar-refractivity contribution in [2.45, 2.75) is 18.8 Å². The summed E-state index contributed by atoms with van der Waals surface area (Å²) in [6.07, 6.45) is 1.88. The Morgan fingerprint density at radius 2 is 2.06 bits per heavy atom. The molecular formula is C12H17NO3S. The summed E-state index contributed by atoms with van der Waals surface area (Å²) in [5, 5.41) is -0.106. The van der Waals surface area contributed by atoms with E-state index in [2.05, 4.69) is 5.48 Å². The number of benzene rings is 1. The van der Waals surface area contributed by atoms with Gasteiger partial charge in [-0.2, -0.15) is 11.8 Å². The van der Waals surface area contributed by atoms with Crippen LogP contribution in [0.1, 0.15) is 12.5 Å². The molecule has 0 saturated carbocycles. The normalized spacial score (nSPS) is 11.9. The van der Waals surface area contributed by atoms with Gasteiger partial charge in [0.05, 0.1) is 19.0 Å². The molecule has 1 aromatic rings. The fourth-order valence-electron chi connectivity index (χ4n) is 1.10. The van der Waals surface area contributed by atoms with Gasteiger partial charge in [-0.25, -0.2) is 5.48 Å². The van der Waals surface area contributed by atoms with E-state index in [-0.39, 0.29) is 11.2 Å². The number of rotatable bonds is 6. The fourth-order valence-corrected chi connectivity index (χ4v) is 1.36. The molecule has 1 N–H and O–H groups in total. The number of carbonyl (C=O) groups excluding carboxylic acids is 1. The molecule has 0 fully saturated rings. The van der Waals surface area contributed by atoms with E-state index in [1.54, 1.807) is 7.11 Å². The summed E-state index contributed by atoms with van der Waals surface area (Å²) in [4.78, 5) is 16.5. The highest BCUT2D eigenvalue weighted by molar-refractivity contribution is 7.99. The molecule has 0 aliphatic carbocycles. The monoisotopic (exact) mass is 255 g/mol. The van der Waals surface area contributed by atoms with Crippen molar-refractivity contribution in [1.29, 1.82) is 0 Å². The lowest BCUT2D eigenvalue weighted by Crippen LogP contribution is -2.30. The van der Waals surface area contributed by atoms with Gasteiger partial charge in [0, 0.05) is 0 Å². The molecule has 0 bridgehead atoms. The zero-order valence-electron chi connectivity index (χ0n) is 10.2. The van der Waals surface area contributed by atoms with E-state index in [1.807, 2.05) is 37.4 Å². The Morgan fingerprint density at radius 1 is 1.41 bits per heavy atom. The first-order chi connectivity index (χ1) is 8.17. The average Bonchev–Trinajstić information content (AvgIpc) is 2.38. The first-order valence-corrected chi connectivity index (χ1v) is 6.53. The zero-order chi connectivity index (χ0) is 12.7. The fraction of sp³-hybridized carbons (Fsp3) is 0.417. The molecule has 1 aromatic carbocycles. The SMILES string of the molecule is COc1ccc(CONC(=O)C(C)SC)cc1. The van der Waals surface area contributed by atoms with E-state index < -0.39 is 0 Å². The van der Waals surface area contributed by atoms with Crippen LogP contribution in [0.5, 0.6) is 5.75 Å². The lowest BCUT2D eigenvalue weighted by atomic mass is 10.2. The first-order valence-electron chi connectivity index (χ1n) is 5.24. The van der Waals surface area contributed by atoms with Gasteiger partial charge in [0.15, 0.2) is 0 Å². The Hall–Kier alpha value is -1.20. The molecule has 0 aromatic heterocycles. The van der Waals surface area contributed by atoms with Crippen molar-refractivity contribution in [2.24, 2.45) is 0 Å². The number of thioether (sulfide) groups is 1. The van der Waals surface area contributed by atoms with Gasteiger partial charge in [0.1, 0.15) is 5.75 Å². The molecule has 0 saturated heterocycles. The quantitative estimate of drug-likeness (QED) is 0.790. The third kappa shape index (κ3) is 4.66. The van der Waals surface area contributed by atoms with Crippen molar-refractivity contribution in [1.82, 2.24) is 5.48 Å². The number of carbonyl (C=O) groups is 1. The number of amides is 1. The Morgan fingerprint density at radius 3 is 2.59 bits per heavy atom. The number of hydrogen-bond acceptors (Lipinski definition) is 4. The summed E-state index contributed by atoms with van der Waals surface area (Å²) in [5.74, 6) is 0.680. The Kier molecular flexibility index (Phi) is 5.86. The number of hydrogen-bond donors (Lipinski definition) is 1. The van der Waals surface area contributed by atoms with Crippen molar-refractivity contribution in [3.8, 4) is 5.75 Å². The maximum Gasteiger partial charge on any atom is 0.256 e. The maximum atomic E-state index is 11.4. The van der Waals surface area contributed by atoms with Crippen molar-refractivity contribution < 1.29 is 14.4 Å². The highest BCUT2D eigenvalue weighted by Crippen LogP contribution is 2.11. The van der Waals surface area contributed by atoms with Gasteiger partial charge in [-0.1, -0.05) is 12.1 Å². The Bertz CT molecular complexity index is 353. The molecule has 1 unspecified atom stereocenters. The van der Waals surface area contributed by atoms with Gasteiger partial charge in [-0.3, -0.25) is 9.63 Å². The van der Waals surface area contributed by atoms with Crippen LogP contribution in [0.2, 0.25) is 0 Å². The van der Waals surface area contributed by atoms with E-state index >= 15 is 0 Å². The topological polar surface area (TPSA) is 47.6 Å². The van der Waals surface area contributed by atoms with Crippen LogP contribution in [0, 0.1) is 0 Å². The summed E-state index contributed by atoms with van der Waals surface area (Å²) < 4.78 is 5.04. The number of hydroxylamine groups is 1. The van der Waals surface area contributed by atoms with Crippen LogP contribution in [0.3, 0.4) is 0 Å². The third-order valence-corrected chi connectivity index (χ3v) is 3.21. The van der Waals surface area contributed by atoms with Crippen LogP contribution in [-0.2, 0) is 16.2 Å². The highest BCUT2D eigenvalue weighted by Gasteiger charge is 2.10. The van der Waals surface area contributed by atoms with E-state index in [1.165, 1.54) is 11.8 Å². The van der Waals surface area contributed by atoms with Gasteiger partial charge in [-0.15, -0.1) is 0 Å². The number of nitrogens with one attached hydrogen (secondary N) is 1. The van der Waals surface area contributed by atoms with Crippen LogP contribution in [0.25, 0.3) is 0 Å². The van der Waals surface area contributed by atoms with Gasteiger partial charge in [0.2, 0.25) is 0 Å². The molecule has 0 aliphatic heterocycles. The molecule has 0 heterocycles. The summed E-state index contributed by atoms with van der Waals surface area (Å²) in [6.45, 7) is 2.17. The summed E-state index contributed by atoms with van der Waals surface area (Å²) in [7, 11) is 1.62. The number of methoxy groups -OCH3 is 1. The number of ether oxygens (including phenoxy) is 1. The van der Waals surface area contributed by atoms with E-state index in [0.29, 0.717) is 6.61 Å². The van der Waals surface area contributed by atoms with Crippen LogP contribution in [-0.4, -0.2) is 24.5 Å². The third-order valence-electron chi connectivity index (χ3n) is 2.29. The van der Waals surface area contributed by atoms with Crippen LogP contribution in [0.15, 0.2) is 24.3 Å². The minimum atomic E-state index is -0.119. The lowest BCUT2D eigenvalue weighted by Gasteiger charge is -2.09. The van der Waals surface area contributed by atoms with Crippen LogP contribution >= 0.6 is 11.8 Å². The van der Waals surface area contributed by atoms with E-state index in [0.717, 1.165) is 11.3 Å². The van der Waals surface area contributed by atoms with Gasteiger partial charge in [-0.05, 0) is 30.9 Å². The van der Waals surface area contributed by atoms with E-state index in [9.17, 15) is 4.79 Å². The molecule has 0 aliphatic rings.